The molecular weight excluding hydrogens is 234 g/mol. The van der Waals surface area contributed by atoms with E-state index in [2.05, 4.69) is 0 Å². The van der Waals surface area contributed by atoms with Crippen molar-refractivity contribution < 1.29 is 8.95 Å². The number of methoxy groups -OCH3 is 1. The van der Waals surface area contributed by atoms with Crippen molar-refractivity contribution in [2.24, 2.45) is 5.92 Å². The fourth-order valence-electron chi connectivity index (χ4n) is 2.32. The van der Waals surface area contributed by atoms with E-state index in [1.165, 1.54) is 25.7 Å². The largest absolute Gasteiger partial charge is 0.497 e. The van der Waals surface area contributed by atoms with Gasteiger partial charge in [0.05, 0.1) is 22.8 Å². The zero-order valence-electron chi connectivity index (χ0n) is 10.1. The standard InChI is InChI=1S/C13H19NO2S/c1-16-11-6-7-12(14)13(8-11)17(15)9-10-4-2-3-5-10/h6-8,10H,2-5,9,14H2,1H3. The summed E-state index contributed by atoms with van der Waals surface area (Å²) in [6.07, 6.45) is 4.95. The van der Waals surface area contributed by atoms with Crippen molar-refractivity contribution in [2.75, 3.05) is 18.6 Å². The summed E-state index contributed by atoms with van der Waals surface area (Å²) in [4.78, 5) is 0.719. The number of benzene rings is 1. The molecular formula is C13H19NO2S. The van der Waals surface area contributed by atoms with Crippen LogP contribution in [0.25, 0.3) is 0 Å². The van der Waals surface area contributed by atoms with E-state index in [0.717, 1.165) is 10.6 Å². The van der Waals surface area contributed by atoms with E-state index in [1.807, 2.05) is 0 Å². The van der Waals surface area contributed by atoms with E-state index >= 15 is 0 Å². The minimum atomic E-state index is -1.00. The maximum absolute atomic E-state index is 12.3. The molecule has 1 unspecified atom stereocenters. The Hall–Kier alpha value is -1.03. The molecule has 2 N–H and O–H groups in total. The van der Waals surface area contributed by atoms with Crippen LogP contribution in [0.3, 0.4) is 0 Å². The van der Waals surface area contributed by atoms with Gasteiger partial charge in [0, 0.05) is 11.4 Å². The molecule has 1 aromatic rings. The van der Waals surface area contributed by atoms with Crippen molar-refractivity contribution in [1.82, 2.24) is 0 Å². The van der Waals surface area contributed by atoms with E-state index in [9.17, 15) is 4.21 Å². The van der Waals surface area contributed by atoms with Crippen LogP contribution in [-0.2, 0) is 10.8 Å². The molecule has 17 heavy (non-hydrogen) atoms. The monoisotopic (exact) mass is 253 g/mol. The first kappa shape index (κ1) is 12.4. The van der Waals surface area contributed by atoms with Gasteiger partial charge in [0.15, 0.2) is 0 Å². The molecule has 1 atom stereocenters. The van der Waals surface area contributed by atoms with Gasteiger partial charge in [-0.2, -0.15) is 0 Å². The highest BCUT2D eigenvalue weighted by Crippen LogP contribution is 2.29. The maximum Gasteiger partial charge on any atom is 0.120 e. The van der Waals surface area contributed by atoms with Crippen LogP contribution < -0.4 is 10.5 Å². The van der Waals surface area contributed by atoms with E-state index in [1.54, 1.807) is 25.3 Å². The smallest absolute Gasteiger partial charge is 0.120 e. The van der Waals surface area contributed by atoms with Crippen molar-refractivity contribution in [3.63, 3.8) is 0 Å². The molecule has 0 heterocycles. The van der Waals surface area contributed by atoms with Gasteiger partial charge < -0.3 is 10.5 Å². The Morgan fingerprint density at radius 2 is 2.12 bits per heavy atom. The Morgan fingerprint density at radius 3 is 2.76 bits per heavy atom. The summed E-state index contributed by atoms with van der Waals surface area (Å²) < 4.78 is 17.4. The predicted molar refractivity (Wildman–Crippen MR) is 70.6 cm³/mol. The summed E-state index contributed by atoms with van der Waals surface area (Å²) in [5, 5.41) is 0. The molecule has 0 aromatic heterocycles. The second kappa shape index (κ2) is 5.54. The Morgan fingerprint density at radius 1 is 1.41 bits per heavy atom. The number of nitrogen functional groups attached to an aromatic ring is 1. The maximum atomic E-state index is 12.3. The van der Waals surface area contributed by atoms with Crippen LogP contribution in [0.4, 0.5) is 5.69 Å². The highest BCUT2D eigenvalue weighted by Gasteiger charge is 2.19. The molecule has 0 spiro atoms. The molecule has 0 aliphatic heterocycles. The third-order valence-corrected chi connectivity index (χ3v) is 4.95. The van der Waals surface area contributed by atoms with Gasteiger partial charge in [-0.3, -0.25) is 4.21 Å². The lowest BCUT2D eigenvalue weighted by atomic mass is 10.1. The number of nitrogens with two attached hydrogens (primary N) is 1. The summed E-state index contributed by atoms with van der Waals surface area (Å²) in [6, 6.07) is 5.35. The molecule has 4 heteroatoms. The third kappa shape index (κ3) is 3.00. The number of anilines is 1. The van der Waals surface area contributed by atoms with Crippen molar-refractivity contribution >= 4 is 16.5 Å². The number of rotatable bonds is 4. The number of hydrogen-bond donors (Lipinski definition) is 1. The lowest BCUT2D eigenvalue weighted by Crippen LogP contribution is -2.09. The first-order valence-corrected chi connectivity index (χ1v) is 7.34. The molecule has 0 amide bonds. The van der Waals surface area contributed by atoms with Crippen LogP contribution in [0.5, 0.6) is 5.75 Å². The highest BCUT2D eigenvalue weighted by atomic mass is 32.2. The minimum Gasteiger partial charge on any atom is -0.497 e. The van der Waals surface area contributed by atoms with E-state index in [0.29, 0.717) is 17.4 Å². The summed E-state index contributed by atoms with van der Waals surface area (Å²) in [7, 11) is 0.605. The Balaban J connectivity index is 2.11. The fourth-order valence-corrected chi connectivity index (χ4v) is 3.84. The zero-order valence-corrected chi connectivity index (χ0v) is 11.0. The number of hydrogen-bond acceptors (Lipinski definition) is 3. The fraction of sp³-hybridized carbons (Fsp3) is 0.538. The van der Waals surface area contributed by atoms with Gasteiger partial charge in [-0.05, 0) is 37.0 Å². The van der Waals surface area contributed by atoms with Crippen LogP contribution in [0, 0.1) is 5.92 Å². The zero-order chi connectivity index (χ0) is 12.3. The van der Waals surface area contributed by atoms with Gasteiger partial charge in [0.1, 0.15) is 5.75 Å². The average molecular weight is 253 g/mol. The predicted octanol–water partition coefficient (Wildman–Crippen LogP) is 2.58. The second-order valence-corrected chi connectivity index (χ2v) is 6.03. The van der Waals surface area contributed by atoms with Crippen molar-refractivity contribution in [1.29, 1.82) is 0 Å². The van der Waals surface area contributed by atoms with E-state index < -0.39 is 10.8 Å². The van der Waals surface area contributed by atoms with E-state index in [4.69, 9.17) is 10.5 Å². The topological polar surface area (TPSA) is 52.3 Å². The third-order valence-electron chi connectivity index (χ3n) is 3.33. The van der Waals surface area contributed by atoms with E-state index in [-0.39, 0.29) is 0 Å². The van der Waals surface area contributed by atoms with Crippen LogP contribution in [0.1, 0.15) is 25.7 Å². The van der Waals surface area contributed by atoms with Crippen LogP contribution in [0.15, 0.2) is 23.1 Å². The first-order valence-electron chi connectivity index (χ1n) is 6.02. The van der Waals surface area contributed by atoms with Crippen molar-refractivity contribution in [3.05, 3.63) is 18.2 Å². The Kier molecular flexibility index (Phi) is 4.05. The molecule has 0 bridgehead atoms. The van der Waals surface area contributed by atoms with Gasteiger partial charge in [0.25, 0.3) is 0 Å². The molecule has 2 rings (SSSR count). The second-order valence-electron chi connectivity index (χ2n) is 4.57. The van der Waals surface area contributed by atoms with Gasteiger partial charge in [-0.15, -0.1) is 0 Å². The molecule has 0 radical (unpaired) electrons. The number of ether oxygens (including phenoxy) is 1. The molecule has 1 aromatic carbocycles. The first-order chi connectivity index (χ1) is 8.20. The lowest BCUT2D eigenvalue weighted by Gasteiger charge is -2.11. The SMILES string of the molecule is COc1ccc(N)c(S(=O)CC2CCCC2)c1. The highest BCUT2D eigenvalue weighted by molar-refractivity contribution is 7.85. The van der Waals surface area contributed by atoms with Gasteiger partial charge in [-0.1, -0.05) is 12.8 Å². The molecule has 94 valence electrons. The summed E-state index contributed by atoms with van der Waals surface area (Å²) >= 11 is 0. The quantitative estimate of drug-likeness (QED) is 0.839. The van der Waals surface area contributed by atoms with Gasteiger partial charge >= 0.3 is 0 Å². The van der Waals surface area contributed by atoms with Gasteiger partial charge in [0.2, 0.25) is 0 Å². The average Bonchev–Trinajstić information content (AvgIpc) is 2.82. The van der Waals surface area contributed by atoms with Crippen molar-refractivity contribution in [3.8, 4) is 5.75 Å². The summed E-state index contributed by atoms with van der Waals surface area (Å²) in [5.41, 5.74) is 6.47. The molecule has 1 aliphatic carbocycles. The van der Waals surface area contributed by atoms with Crippen molar-refractivity contribution in [2.45, 2.75) is 30.6 Å². The summed E-state index contributed by atoms with van der Waals surface area (Å²) in [6.45, 7) is 0. The molecule has 1 aliphatic rings. The van der Waals surface area contributed by atoms with Gasteiger partial charge in [-0.25, -0.2) is 0 Å². The van der Waals surface area contributed by atoms with Crippen LogP contribution in [0.2, 0.25) is 0 Å². The van der Waals surface area contributed by atoms with Crippen LogP contribution in [-0.4, -0.2) is 17.1 Å². The Bertz CT molecular complexity index is 414. The summed E-state index contributed by atoms with van der Waals surface area (Å²) in [5.74, 6) is 2.05. The Labute approximate surface area is 105 Å². The normalized spacial score (nSPS) is 18.2. The molecule has 3 nitrogen and oxygen atoms in total. The van der Waals surface area contributed by atoms with Crippen LogP contribution >= 0.6 is 0 Å². The molecule has 1 saturated carbocycles. The molecule has 1 fully saturated rings. The molecule has 0 saturated heterocycles. The lowest BCUT2D eigenvalue weighted by molar-refractivity contribution is 0.413. The minimum absolute atomic E-state index is 0.599.